The van der Waals surface area contributed by atoms with Gasteiger partial charge in [-0.1, -0.05) is 26.8 Å². The average Bonchev–Trinajstić information content (AvgIpc) is 2.91. The number of ether oxygens (including phenoxy) is 2. The highest BCUT2D eigenvalue weighted by Gasteiger charge is 2.27. The Bertz CT molecular complexity index is 1130. The van der Waals surface area contributed by atoms with E-state index >= 15 is 0 Å². The Balaban J connectivity index is 1.64. The number of nitrogens with zero attached hydrogens (tertiary/aromatic N) is 4. The first-order valence-corrected chi connectivity index (χ1v) is 15.5. The zero-order valence-corrected chi connectivity index (χ0v) is 26.8. The molecule has 0 fully saturated rings. The Kier molecular flexibility index (Phi) is 12.7. The molecule has 0 saturated carbocycles. The van der Waals surface area contributed by atoms with Crippen molar-refractivity contribution in [2.45, 2.75) is 116 Å². The molecule has 234 valence electrons. The number of anilines is 1. The van der Waals surface area contributed by atoms with Crippen molar-refractivity contribution in [3.63, 3.8) is 0 Å². The molecule has 2 heterocycles. The summed E-state index contributed by atoms with van der Waals surface area (Å²) in [5.74, 6) is 0.211. The van der Waals surface area contributed by atoms with E-state index in [-0.39, 0.29) is 24.5 Å². The van der Waals surface area contributed by atoms with E-state index in [1.54, 1.807) is 0 Å². The van der Waals surface area contributed by atoms with Crippen molar-refractivity contribution in [1.29, 1.82) is 0 Å². The van der Waals surface area contributed by atoms with Gasteiger partial charge in [0.25, 0.3) is 0 Å². The summed E-state index contributed by atoms with van der Waals surface area (Å²) < 4.78 is 25.5. The van der Waals surface area contributed by atoms with Crippen molar-refractivity contribution in [1.82, 2.24) is 19.9 Å². The van der Waals surface area contributed by atoms with Crippen molar-refractivity contribution < 1.29 is 18.7 Å². The molecule has 0 aliphatic heterocycles. The highest BCUT2D eigenvalue weighted by molar-refractivity contribution is 5.79. The summed E-state index contributed by atoms with van der Waals surface area (Å²) in [5.41, 5.74) is 3.87. The maximum Gasteiger partial charge on any atom is 0.329 e. The number of carbonyl (C=O) groups is 1. The molecule has 2 atom stereocenters. The van der Waals surface area contributed by atoms with E-state index in [1.165, 1.54) is 37.5 Å². The minimum Gasteiger partial charge on any atom is -0.458 e. The maximum atomic E-state index is 14.7. The van der Waals surface area contributed by atoms with Gasteiger partial charge >= 0.3 is 5.97 Å². The molecule has 0 radical (unpaired) electrons. The molecule has 1 aliphatic carbocycles. The van der Waals surface area contributed by atoms with E-state index in [9.17, 15) is 9.18 Å². The number of hydrogen-bond acceptors (Lipinski definition) is 8. The predicted molar refractivity (Wildman–Crippen MR) is 166 cm³/mol. The maximum absolute atomic E-state index is 14.7. The lowest BCUT2D eigenvalue weighted by Crippen LogP contribution is -2.41. The zero-order chi connectivity index (χ0) is 30.8. The van der Waals surface area contributed by atoms with Crippen LogP contribution < -0.4 is 5.32 Å². The highest BCUT2D eigenvalue weighted by atomic mass is 19.1. The number of aromatic nitrogens is 3. The third-order valence-corrected chi connectivity index (χ3v) is 7.38. The second-order valence-electron chi connectivity index (χ2n) is 13.5. The van der Waals surface area contributed by atoms with Gasteiger partial charge in [-0.25, -0.2) is 19.2 Å². The second kappa shape index (κ2) is 15.7. The first kappa shape index (κ1) is 33.8. The van der Waals surface area contributed by atoms with Crippen molar-refractivity contribution in [3.8, 4) is 0 Å². The Morgan fingerprint density at radius 3 is 2.55 bits per heavy atom. The summed E-state index contributed by atoms with van der Waals surface area (Å²) in [6.07, 6.45) is 8.31. The molecule has 0 spiro atoms. The Morgan fingerprint density at radius 1 is 1.07 bits per heavy atom. The number of unbranched alkanes of at least 4 members (excludes halogenated alkanes) is 1. The zero-order valence-electron chi connectivity index (χ0n) is 26.8. The molecular formula is C33H52FN5O3. The summed E-state index contributed by atoms with van der Waals surface area (Å²) in [4.78, 5) is 29.0. The van der Waals surface area contributed by atoms with E-state index in [4.69, 9.17) is 14.5 Å². The third-order valence-electron chi connectivity index (χ3n) is 7.38. The normalized spacial score (nSPS) is 15.3. The van der Waals surface area contributed by atoms with Crippen molar-refractivity contribution >= 4 is 11.8 Å². The van der Waals surface area contributed by atoms with Crippen molar-refractivity contribution in [3.05, 3.63) is 47.2 Å². The summed E-state index contributed by atoms with van der Waals surface area (Å²) in [5, 5.41) is 3.28. The first-order valence-electron chi connectivity index (χ1n) is 15.5. The molecule has 2 aromatic rings. The molecule has 1 aliphatic rings. The van der Waals surface area contributed by atoms with Crippen LogP contribution in [0.25, 0.3) is 0 Å². The molecule has 42 heavy (non-hydrogen) atoms. The van der Waals surface area contributed by atoms with E-state index in [0.717, 1.165) is 50.0 Å². The molecule has 8 nitrogen and oxygen atoms in total. The fourth-order valence-electron chi connectivity index (χ4n) is 5.17. The van der Waals surface area contributed by atoms with Crippen LogP contribution in [0.15, 0.2) is 24.5 Å². The van der Waals surface area contributed by atoms with E-state index < -0.39 is 17.8 Å². The van der Waals surface area contributed by atoms with Crippen LogP contribution in [0, 0.1) is 0 Å². The number of aryl methyl sites for hydroxylation is 3. The molecule has 3 rings (SSSR count). The lowest BCUT2D eigenvalue weighted by atomic mass is 9.92. The monoisotopic (exact) mass is 585 g/mol. The van der Waals surface area contributed by atoms with Gasteiger partial charge < -0.3 is 19.7 Å². The molecule has 1 N–H and O–H groups in total. The fraction of sp³-hybridized carbons (Fsp3) is 0.697. The van der Waals surface area contributed by atoms with Crippen LogP contribution in [0.4, 0.5) is 10.2 Å². The summed E-state index contributed by atoms with van der Waals surface area (Å²) in [7, 11) is 1.51. The summed E-state index contributed by atoms with van der Waals surface area (Å²) >= 11 is 0. The summed E-state index contributed by atoms with van der Waals surface area (Å²) in [6, 6.07) is 5.63. The minimum absolute atomic E-state index is 0.0415. The molecule has 9 heteroatoms. The molecule has 0 bridgehead atoms. The second-order valence-corrected chi connectivity index (χ2v) is 13.5. The molecular weight excluding hydrogens is 533 g/mol. The van der Waals surface area contributed by atoms with Crippen molar-refractivity contribution in [2.24, 2.45) is 0 Å². The number of methoxy groups -OCH3 is 1. The quantitative estimate of drug-likeness (QED) is 0.205. The van der Waals surface area contributed by atoms with Crippen LogP contribution in [-0.4, -0.2) is 77.0 Å². The van der Waals surface area contributed by atoms with Gasteiger partial charge in [0, 0.05) is 43.1 Å². The van der Waals surface area contributed by atoms with Crippen LogP contribution in [0.5, 0.6) is 0 Å². The van der Waals surface area contributed by atoms with Gasteiger partial charge in [0.15, 0.2) is 0 Å². The average molecular weight is 586 g/mol. The van der Waals surface area contributed by atoms with Crippen LogP contribution in [-0.2, 0) is 38.9 Å². The van der Waals surface area contributed by atoms with Crippen LogP contribution in [0.1, 0.15) is 96.3 Å². The van der Waals surface area contributed by atoms with E-state index in [1.807, 2.05) is 26.8 Å². The van der Waals surface area contributed by atoms with E-state index in [2.05, 4.69) is 53.1 Å². The van der Waals surface area contributed by atoms with Gasteiger partial charge in [0.05, 0.1) is 12.3 Å². The number of rotatable bonds is 15. The molecule has 2 aromatic heterocycles. The number of esters is 1. The number of fused-ring (bicyclic) bond motifs is 1. The number of alkyl halides is 1. The number of halogens is 1. The largest absolute Gasteiger partial charge is 0.458 e. The van der Waals surface area contributed by atoms with Gasteiger partial charge in [-0.2, -0.15) is 0 Å². The van der Waals surface area contributed by atoms with Crippen LogP contribution in [0.2, 0.25) is 0 Å². The number of hydrogen-bond donors (Lipinski definition) is 1. The fourth-order valence-corrected chi connectivity index (χ4v) is 5.17. The number of pyridine rings is 1. The lowest BCUT2D eigenvalue weighted by molar-refractivity contribution is -0.156. The molecule has 0 saturated heterocycles. The smallest absolute Gasteiger partial charge is 0.329 e. The standard InChI is InChI=1S/C33H52FN5O3/c1-32(2,3)29-20-30(36-23-35-29)38-28(31(40)42-33(4,5)6)17-19-39(21-25(34)22-41-7)18-11-10-13-26-16-15-24-12-8-9-14-27(24)37-26/h15-16,20,23,25,28H,8-14,17-19,21-22H2,1-7H3,(H,35,36,38)/t25-,28-/m0/s1. The predicted octanol–water partition coefficient (Wildman–Crippen LogP) is 5.87. The van der Waals surface area contributed by atoms with Gasteiger partial charge in [-0.05, 0) is 90.3 Å². The van der Waals surface area contributed by atoms with Gasteiger partial charge in [0.1, 0.15) is 30.0 Å². The number of nitrogens with one attached hydrogen (secondary N) is 1. The Hall–Kier alpha value is -2.65. The summed E-state index contributed by atoms with van der Waals surface area (Å²) in [6.45, 7) is 13.3. The van der Waals surface area contributed by atoms with Crippen molar-refractivity contribution in [2.75, 3.05) is 38.7 Å². The number of carbonyl (C=O) groups excluding carboxylic acids is 1. The Labute approximate surface area is 252 Å². The van der Waals surface area contributed by atoms with E-state index in [0.29, 0.717) is 18.8 Å². The SMILES string of the molecule is COC[C@@H](F)CN(CCCCc1ccc2c(n1)CCCC2)CC[C@H](Nc1cc(C(C)(C)C)ncn1)C(=O)OC(C)(C)C. The first-order chi connectivity index (χ1) is 19.8. The van der Waals surface area contributed by atoms with Crippen LogP contribution >= 0.6 is 0 Å². The van der Waals surface area contributed by atoms with Gasteiger partial charge in [-0.15, -0.1) is 0 Å². The molecule has 0 amide bonds. The highest BCUT2D eigenvalue weighted by Crippen LogP contribution is 2.23. The Morgan fingerprint density at radius 2 is 1.83 bits per heavy atom. The lowest BCUT2D eigenvalue weighted by Gasteiger charge is -2.28. The van der Waals surface area contributed by atoms with Gasteiger partial charge in [0.2, 0.25) is 0 Å². The minimum atomic E-state index is -1.11. The topological polar surface area (TPSA) is 89.5 Å². The van der Waals surface area contributed by atoms with Crippen LogP contribution in [0.3, 0.4) is 0 Å². The van der Waals surface area contributed by atoms with Gasteiger partial charge in [-0.3, -0.25) is 4.98 Å². The molecule has 0 aromatic carbocycles. The third kappa shape index (κ3) is 11.6. The molecule has 0 unspecified atom stereocenters.